The molecule has 0 saturated heterocycles. The van der Waals surface area contributed by atoms with Crippen LogP contribution in [0.1, 0.15) is 17.8 Å². The molecule has 2 N–H and O–H groups in total. The first-order valence-corrected chi connectivity index (χ1v) is 7.80. The lowest BCUT2D eigenvalue weighted by molar-refractivity contribution is 0.266. The number of halogens is 1. The predicted molar refractivity (Wildman–Crippen MR) is 82.3 cm³/mol. The molecule has 0 aliphatic rings. The summed E-state index contributed by atoms with van der Waals surface area (Å²) in [5.74, 6) is 0.252. The maximum Gasteiger partial charge on any atom is 0.283 e. The Morgan fingerprint density at radius 1 is 1.60 bits per heavy atom. The van der Waals surface area contributed by atoms with Crippen molar-refractivity contribution in [2.75, 3.05) is 18.5 Å². The van der Waals surface area contributed by atoms with Gasteiger partial charge in [0.2, 0.25) is 0 Å². The third-order valence-corrected chi connectivity index (χ3v) is 4.54. The molecular weight excluding hydrogens is 344 g/mol. The molecule has 108 valence electrons. The number of thiazole rings is 1. The molecule has 0 fully saturated rings. The fraction of sp³-hybridized carbons (Fsp3) is 0.417. The zero-order valence-corrected chi connectivity index (χ0v) is 13.3. The number of aliphatic hydroxyl groups excluding tert-OH is 1. The third-order valence-electron chi connectivity index (χ3n) is 2.77. The molecule has 2 heterocycles. The number of hydrogen-bond donors (Lipinski definition) is 2. The van der Waals surface area contributed by atoms with E-state index in [4.69, 9.17) is 5.11 Å². The molecule has 0 saturated carbocycles. The molecule has 2 aromatic rings. The predicted octanol–water partition coefficient (Wildman–Crippen LogP) is 1.67. The molecular formula is C12H15BrN4O2S. The largest absolute Gasteiger partial charge is 0.394 e. The zero-order chi connectivity index (χ0) is 14.5. The van der Waals surface area contributed by atoms with E-state index in [9.17, 15) is 4.79 Å². The summed E-state index contributed by atoms with van der Waals surface area (Å²) < 4.78 is 1.65. The second kappa shape index (κ2) is 6.96. The summed E-state index contributed by atoms with van der Waals surface area (Å²) >= 11 is 4.88. The van der Waals surface area contributed by atoms with Gasteiger partial charge in [0, 0.05) is 24.0 Å². The van der Waals surface area contributed by atoms with E-state index in [0.29, 0.717) is 16.7 Å². The van der Waals surface area contributed by atoms with Gasteiger partial charge in [-0.25, -0.2) is 9.67 Å². The molecule has 6 nitrogen and oxygen atoms in total. The summed E-state index contributed by atoms with van der Waals surface area (Å²) in [5.41, 5.74) is 0.388. The topological polar surface area (TPSA) is 80.0 Å². The van der Waals surface area contributed by atoms with E-state index < -0.39 is 0 Å². The normalized spacial score (nSPS) is 12.3. The molecule has 20 heavy (non-hydrogen) atoms. The van der Waals surface area contributed by atoms with Crippen LogP contribution in [0.4, 0.5) is 5.69 Å². The van der Waals surface area contributed by atoms with Crippen LogP contribution in [0.2, 0.25) is 0 Å². The maximum atomic E-state index is 11.9. The van der Waals surface area contributed by atoms with E-state index in [-0.39, 0.29) is 24.6 Å². The van der Waals surface area contributed by atoms with Crippen molar-refractivity contribution in [1.82, 2.24) is 14.8 Å². The summed E-state index contributed by atoms with van der Waals surface area (Å²) in [6.07, 6.45) is 3.36. The second-order valence-corrected chi connectivity index (χ2v) is 6.00. The van der Waals surface area contributed by atoms with Gasteiger partial charge in [0.05, 0.1) is 30.0 Å². The molecule has 8 heteroatoms. The van der Waals surface area contributed by atoms with Crippen LogP contribution in [0, 0.1) is 0 Å². The summed E-state index contributed by atoms with van der Waals surface area (Å²) in [4.78, 5) is 16.2. The number of nitrogens with one attached hydrogen (secondary N) is 1. The average Bonchev–Trinajstić information content (AvgIpc) is 2.97. The fourth-order valence-electron chi connectivity index (χ4n) is 1.67. The Labute approximate surface area is 128 Å². The lowest BCUT2D eigenvalue weighted by Crippen LogP contribution is -2.26. The zero-order valence-electron chi connectivity index (χ0n) is 10.9. The molecule has 0 radical (unpaired) electrons. The van der Waals surface area contributed by atoms with Crippen LogP contribution in [-0.2, 0) is 6.54 Å². The molecule has 0 amide bonds. The number of hydrogen-bond acceptors (Lipinski definition) is 6. The summed E-state index contributed by atoms with van der Waals surface area (Å²) in [5, 5.41) is 19.0. The third kappa shape index (κ3) is 3.44. The van der Waals surface area contributed by atoms with Gasteiger partial charge in [-0.2, -0.15) is 5.10 Å². The van der Waals surface area contributed by atoms with E-state index in [1.165, 1.54) is 4.68 Å². The van der Waals surface area contributed by atoms with Crippen LogP contribution >= 0.6 is 27.3 Å². The Hall–Kier alpha value is -1.25. The lowest BCUT2D eigenvalue weighted by atomic mass is 10.2. The number of nitrogens with zero attached hydrogens (tertiary/aromatic N) is 3. The van der Waals surface area contributed by atoms with Crippen LogP contribution in [0.3, 0.4) is 0 Å². The van der Waals surface area contributed by atoms with Gasteiger partial charge in [-0.05, 0) is 15.9 Å². The Morgan fingerprint density at radius 3 is 3.05 bits per heavy atom. The van der Waals surface area contributed by atoms with E-state index in [1.54, 1.807) is 23.7 Å². The minimum atomic E-state index is -0.258. The van der Waals surface area contributed by atoms with Gasteiger partial charge in [0.1, 0.15) is 4.47 Å². The molecule has 1 unspecified atom stereocenters. The highest BCUT2D eigenvalue weighted by Gasteiger charge is 2.11. The number of aliphatic hydroxyl groups is 1. The van der Waals surface area contributed by atoms with E-state index >= 15 is 0 Å². The highest BCUT2D eigenvalue weighted by atomic mass is 79.9. The second-order valence-electron chi connectivity index (χ2n) is 4.28. The first-order chi connectivity index (χ1) is 9.63. The minimum absolute atomic E-state index is 0.118. The van der Waals surface area contributed by atoms with E-state index in [0.717, 1.165) is 5.01 Å². The first kappa shape index (κ1) is 15.1. The van der Waals surface area contributed by atoms with Crippen molar-refractivity contribution in [3.63, 3.8) is 0 Å². The quantitative estimate of drug-likeness (QED) is 0.820. The molecule has 0 spiro atoms. The molecule has 1 atom stereocenters. The van der Waals surface area contributed by atoms with Gasteiger partial charge < -0.3 is 10.4 Å². The Morgan fingerprint density at radius 2 is 2.40 bits per heavy atom. The monoisotopic (exact) mass is 358 g/mol. The molecule has 2 aromatic heterocycles. The first-order valence-electron chi connectivity index (χ1n) is 6.13. The smallest absolute Gasteiger partial charge is 0.283 e. The highest BCUT2D eigenvalue weighted by Crippen LogP contribution is 2.21. The number of anilines is 1. The highest BCUT2D eigenvalue weighted by molar-refractivity contribution is 9.10. The van der Waals surface area contributed by atoms with Crippen molar-refractivity contribution in [1.29, 1.82) is 0 Å². The standard InChI is InChI=1S/C12H15BrN4O2S/c1-8(11-14-2-5-20-11)6-15-9-7-16-17(3-4-18)12(19)10(9)13/h2,5,7-8,15,18H,3-4,6H2,1H3. The molecule has 2 rings (SSSR count). The fourth-order valence-corrected chi connectivity index (χ4v) is 2.82. The molecule has 0 aliphatic heterocycles. The van der Waals surface area contributed by atoms with Gasteiger partial charge in [0.25, 0.3) is 5.56 Å². The van der Waals surface area contributed by atoms with Crippen molar-refractivity contribution < 1.29 is 5.11 Å². The Kier molecular flexibility index (Phi) is 5.27. The lowest BCUT2D eigenvalue weighted by Gasteiger charge is -2.13. The van der Waals surface area contributed by atoms with Gasteiger partial charge in [0.15, 0.2) is 0 Å². The molecule has 0 bridgehead atoms. The van der Waals surface area contributed by atoms with Gasteiger partial charge in [-0.3, -0.25) is 4.79 Å². The molecule has 0 aliphatic carbocycles. The Balaban J connectivity index is 2.07. The van der Waals surface area contributed by atoms with E-state index in [1.807, 2.05) is 5.38 Å². The van der Waals surface area contributed by atoms with Crippen LogP contribution in [-0.4, -0.2) is 33.0 Å². The SMILES string of the molecule is CC(CNc1cnn(CCO)c(=O)c1Br)c1nccs1. The van der Waals surface area contributed by atoms with Crippen molar-refractivity contribution in [2.24, 2.45) is 0 Å². The van der Waals surface area contributed by atoms with Gasteiger partial charge in [-0.1, -0.05) is 6.92 Å². The average molecular weight is 359 g/mol. The van der Waals surface area contributed by atoms with Crippen LogP contribution in [0.15, 0.2) is 27.0 Å². The van der Waals surface area contributed by atoms with Crippen molar-refractivity contribution in [2.45, 2.75) is 19.4 Å². The van der Waals surface area contributed by atoms with Crippen LogP contribution < -0.4 is 10.9 Å². The van der Waals surface area contributed by atoms with Crippen molar-refractivity contribution in [3.05, 3.63) is 37.6 Å². The van der Waals surface area contributed by atoms with E-state index in [2.05, 4.69) is 38.3 Å². The minimum Gasteiger partial charge on any atom is -0.394 e. The van der Waals surface area contributed by atoms with Gasteiger partial charge in [-0.15, -0.1) is 11.3 Å². The van der Waals surface area contributed by atoms with Crippen molar-refractivity contribution >= 4 is 33.0 Å². The summed E-state index contributed by atoms with van der Waals surface area (Å²) in [6, 6.07) is 0. The number of aromatic nitrogens is 3. The molecule has 0 aromatic carbocycles. The van der Waals surface area contributed by atoms with Crippen molar-refractivity contribution in [3.8, 4) is 0 Å². The van der Waals surface area contributed by atoms with Gasteiger partial charge >= 0.3 is 0 Å². The van der Waals surface area contributed by atoms with Crippen LogP contribution in [0.25, 0.3) is 0 Å². The summed E-state index contributed by atoms with van der Waals surface area (Å²) in [6.45, 7) is 2.80. The number of rotatable bonds is 6. The van der Waals surface area contributed by atoms with Crippen LogP contribution in [0.5, 0.6) is 0 Å². The summed E-state index contributed by atoms with van der Waals surface area (Å²) in [7, 11) is 0. The maximum absolute atomic E-state index is 11.9. The Bertz CT molecular complexity index is 614.